The summed E-state index contributed by atoms with van der Waals surface area (Å²) in [5, 5.41) is 3.24. The van der Waals surface area contributed by atoms with Gasteiger partial charge in [0.15, 0.2) is 0 Å². The van der Waals surface area contributed by atoms with Gasteiger partial charge in [-0.1, -0.05) is 84.9 Å². The Bertz CT molecular complexity index is 915. The Morgan fingerprint density at radius 2 is 1.47 bits per heavy atom. The van der Waals surface area contributed by atoms with Crippen molar-refractivity contribution in [1.82, 2.24) is 10.2 Å². The number of fused-ring (bicyclic) bond motifs is 1. The van der Waals surface area contributed by atoms with E-state index in [0.29, 0.717) is 5.92 Å². The summed E-state index contributed by atoms with van der Waals surface area (Å²) >= 11 is 0. The second kappa shape index (κ2) is 9.62. The summed E-state index contributed by atoms with van der Waals surface area (Å²) in [6.07, 6.45) is 4.53. The minimum absolute atomic E-state index is 0.0242. The molecule has 3 heteroatoms. The Balaban J connectivity index is 1.37. The van der Waals surface area contributed by atoms with Crippen LogP contribution >= 0.6 is 0 Å². The third-order valence-corrected chi connectivity index (χ3v) is 6.20. The molecule has 154 valence electrons. The van der Waals surface area contributed by atoms with Crippen LogP contribution in [-0.2, 0) is 12.8 Å². The molecule has 3 nitrogen and oxygen atoms in total. The molecule has 0 aromatic heterocycles. The lowest BCUT2D eigenvalue weighted by Crippen LogP contribution is -2.40. The summed E-state index contributed by atoms with van der Waals surface area (Å²) < 4.78 is 0. The molecule has 2 amide bonds. The molecule has 3 aromatic rings. The van der Waals surface area contributed by atoms with Crippen LogP contribution < -0.4 is 5.32 Å². The van der Waals surface area contributed by atoms with Crippen LogP contribution in [0, 0.1) is 5.92 Å². The highest BCUT2D eigenvalue weighted by molar-refractivity contribution is 5.75. The zero-order chi connectivity index (χ0) is 20.8. The molecule has 0 radical (unpaired) electrons. The number of nitrogens with zero attached hydrogens (tertiary/aromatic N) is 1. The molecule has 1 atom stereocenters. The molecule has 0 saturated heterocycles. The molecule has 1 aliphatic rings. The number of hydrogen-bond donors (Lipinski definition) is 1. The fraction of sp³-hybridized carbons (Fsp3) is 0.296. The summed E-state index contributed by atoms with van der Waals surface area (Å²) in [7, 11) is 1.90. The van der Waals surface area contributed by atoms with E-state index in [1.54, 1.807) is 0 Å². The second-order valence-corrected chi connectivity index (χ2v) is 8.29. The van der Waals surface area contributed by atoms with Gasteiger partial charge in [-0.25, -0.2) is 4.79 Å². The number of aryl methyl sites for hydroxylation is 1. The van der Waals surface area contributed by atoms with Crippen molar-refractivity contribution in [3.8, 4) is 0 Å². The van der Waals surface area contributed by atoms with Crippen molar-refractivity contribution in [1.29, 1.82) is 0 Å². The van der Waals surface area contributed by atoms with Crippen molar-refractivity contribution in [2.45, 2.75) is 31.7 Å². The summed E-state index contributed by atoms with van der Waals surface area (Å²) in [6.45, 7) is 0.773. The van der Waals surface area contributed by atoms with Gasteiger partial charge in [-0.05, 0) is 53.9 Å². The number of rotatable bonds is 6. The normalized spacial score (nSPS) is 15.5. The van der Waals surface area contributed by atoms with Crippen LogP contribution in [0.15, 0.2) is 84.9 Å². The van der Waals surface area contributed by atoms with E-state index in [1.807, 2.05) is 48.3 Å². The predicted molar refractivity (Wildman–Crippen MR) is 122 cm³/mol. The summed E-state index contributed by atoms with van der Waals surface area (Å²) in [5.41, 5.74) is 5.16. The van der Waals surface area contributed by atoms with Crippen molar-refractivity contribution >= 4 is 6.03 Å². The standard InChI is InChI=1S/C27H30N2O/c1-29(19-18-21-16-17-22-10-8-9-15-25(22)20-21)27(30)28-26(23-11-4-2-5-12-23)24-13-6-3-7-14-24/h2-15,21,26H,16-20H2,1H3,(H,28,30). The van der Waals surface area contributed by atoms with E-state index in [1.165, 1.54) is 17.5 Å². The molecule has 3 aromatic carbocycles. The second-order valence-electron chi connectivity index (χ2n) is 8.29. The maximum Gasteiger partial charge on any atom is 0.317 e. The van der Waals surface area contributed by atoms with E-state index >= 15 is 0 Å². The van der Waals surface area contributed by atoms with E-state index in [0.717, 1.165) is 36.9 Å². The molecule has 0 aliphatic heterocycles. The minimum atomic E-state index is -0.149. The largest absolute Gasteiger partial charge is 0.328 e. The third kappa shape index (κ3) is 4.91. The Morgan fingerprint density at radius 3 is 2.10 bits per heavy atom. The van der Waals surface area contributed by atoms with Gasteiger partial charge in [0, 0.05) is 13.6 Å². The van der Waals surface area contributed by atoms with Gasteiger partial charge in [0.1, 0.15) is 0 Å². The number of carbonyl (C=O) groups excluding carboxylic acids is 1. The van der Waals surface area contributed by atoms with Crippen LogP contribution in [0.3, 0.4) is 0 Å². The van der Waals surface area contributed by atoms with Crippen LogP contribution in [0.25, 0.3) is 0 Å². The van der Waals surface area contributed by atoms with Gasteiger partial charge in [-0.2, -0.15) is 0 Å². The fourth-order valence-corrected chi connectivity index (χ4v) is 4.38. The van der Waals surface area contributed by atoms with Gasteiger partial charge in [0.05, 0.1) is 6.04 Å². The van der Waals surface area contributed by atoms with Gasteiger partial charge < -0.3 is 10.2 Å². The molecule has 1 unspecified atom stereocenters. The molecular weight excluding hydrogens is 368 g/mol. The zero-order valence-electron chi connectivity index (χ0n) is 17.6. The highest BCUT2D eigenvalue weighted by Crippen LogP contribution is 2.27. The number of amides is 2. The lowest BCUT2D eigenvalue weighted by Gasteiger charge is -2.28. The van der Waals surface area contributed by atoms with E-state index in [2.05, 4.69) is 53.8 Å². The van der Waals surface area contributed by atoms with Crippen LogP contribution in [-0.4, -0.2) is 24.5 Å². The lowest BCUT2D eigenvalue weighted by atomic mass is 9.82. The van der Waals surface area contributed by atoms with Gasteiger partial charge in [0.2, 0.25) is 0 Å². The number of nitrogens with one attached hydrogen (secondary N) is 1. The fourth-order valence-electron chi connectivity index (χ4n) is 4.38. The molecule has 1 aliphatic carbocycles. The van der Waals surface area contributed by atoms with Gasteiger partial charge >= 0.3 is 6.03 Å². The van der Waals surface area contributed by atoms with E-state index in [-0.39, 0.29) is 12.1 Å². The first kappa shape index (κ1) is 20.2. The van der Waals surface area contributed by atoms with E-state index < -0.39 is 0 Å². The minimum Gasteiger partial charge on any atom is -0.328 e. The van der Waals surface area contributed by atoms with Gasteiger partial charge in [0.25, 0.3) is 0 Å². The first-order valence-electron chi connectivity index (χ1n) is 10.9. The third-order valence-electron chi connectivity index (χ3n) is 6.20. The number of benzene rings is 3. The molecule has 0 spiro atoms. The van der Waals surface area contributed by atoms with Gasteiger partial charge in [-0.3, -0.25) is 0 Å². The predicted octanol–water partition coefficient (Wildman–Crippen LogP) is 5.61. The summed E-state index contributed by atoms with van der Waals surface area (Å²) in [5.74, 6) is 0.647. The average Bonchev–Trinajstić information content (AvgIpc) is 2.81. The van der Waals surface area contributed by atoms with Crippen LogP contribution in [0.5, 0.6) is 0 Å². The zero-order valence-corrected chi connectivity index (χ0v) is 17.6. The molecule has 0 saturated carbocycles. The van der Waals surface area contributed by atoms with Crippen molar-refractivity contribution in [3.63, 3.8) is 0 Å². The van der Waals surface area contributed by atoms with E-state index in [4.69, 9.17) is 0 Å². The highest BCUT2D eigenvalue weighted by Gasteiger charge is 2.21. The van der Waals surface area contributed by atoms with Crippen molar-refractivity contribution < 1.29 is 4.79 Å². The Kier molecular flexibility index (Phi) is 6.48. The summed E-state index contributed by atoms with van der Waals surface area (Å²) in [4.78, 5) is 14.8. The molecule has 1 N–H and O–H groups in total. The van der Waals surface area contributed by atoms with E-state index in [9.17, 15) is 4.79 Å². The SMILES string of the molecule is CN(CCC1CCc2ccccc2C1)C(=O)NC(c1ccccc1)c1ccccc1. The molecular formula is C27H30N2O. The highest BCUT2D eigenvalue weighted by atomic mass is 16.2. The molecule has 0 heterocycles. The van der Waals surface area contributed by atoms with Crippen molar-refractivity contribution in [2.75, 3.05) is 13.6 Å². The smallest absolute Gasteiger partial charge is 0.317 e. The molecule has 0 bridgehead atoms. The van der Waals surface area contributed by atoms with Crippen LogP contribution in [0.4, 0.5) is 4.79 Å². The topological polar surface area (TPSA) is 32.3 Å². The Labute approximate surface area is 179 Å². The first-order valence-corrected chi connectivity index (χ1v) is 10.9. The quantitative estimate of drug-likeness (QED) is 0.575. The maximum atomic E-state index is 13.0. The van der Waals surface area contributed by atoms with Crippen LogP contribution in [0.2, 0.25) is 0 Å². The Hall–Kier alpha value is -3.07. The monoisotopic (exact) mass is 398 g/mol. The Morgan fingerprint density at radius 1 is 0.900 bits per heavy atom. The number of hydrogen-bond acceptors (Lipinski definition) is 1. The first-order chi connectivity index (χ1) is 14.7. The number of carbonyl (C=O) groups is 1. The summed E-state index contributed by atoms with van der Waals surface area (Å²) in [6, 6.07) is 28.9. The van der Waals surface area contributed by atoms with Gasteiger partial charge in [-0.15, -0.1) is 0 Å². The molecule has 0 fully saturated rings. The molecule has 4 rings (SSSR count). The number of urea groups is 1. The van der Waals surface area contributed by atoms with Crippen molar-refractivity contribution in [2.24, 2.45) is 5.92 Å². The lowest BCUT2D eigenvalue weighted by molar-refractivity contribution is 0.202. The van der Waals surface area contributed by atoms with Crippen LogP contribution in [0.1, 0.15) is 41.1 Å². The maximum absolute atomic E-state index is 13.0. The van der Waals surface area contributed by atoms with Crippen molar-refractivity contribution in [3.05, 3.63) is 107 Å². The molecule has 30 heavy (non-hydrogen) atoms. The average molecular weight is 399 g/mol.